The molecule has 3 aliphatic rings. The van der Waals surface area contributed by atoms with Gasteiger partial charge in [-0.3, -0.25) is 9.89 Å². The molecule has 7 heteroatoms. The van der Waals surface area contributed by atoms with Crippen molar-refractivity contribution in [2.24, 2.45) is 10.9 Å². The van der Waals surface area contributed by atoms with E-state index in [4.69, 9.17) is 14.5 Å². The van der Waals surface area contributed by atoms with Crippen molar-refractivity contribution in [3.8, 4) is 11.5 Å². The maximum absolute atomic E-state index is 5.52. The summed E-state index contributed by atoms with van der Waals surface area (Å²) in [6.45, 7) is 15.4. The summed E-state index contributed by atoms with van der Waals surface area (Å²) >= 11 is 0. The van der Waals surface area contributed by atoms with Gasteiger partial charge in [0.1, 0.15) is 0 Å². The first kappa shape index (κ1) is 22.2. The molecule has 0 amide bonds. The molecule has 31 heavy (non-hydrogen) atoms. The highest BCUT2D eigenvalue weighted by molar-refractivity contribution is 5.80. The molecule has 0 radical (unpaired) electrons. The summed E-state index contributed by atoms with van der Waals surface area (Å²) < 4.78 is 10.9. The normalized spacial score (nSPS) is 21.0. The molecule has 3 heterocycles. The predicted molar refractivity (Wildman–Crippen MR) is 125 cm³/mol. The van der Waals surface area contributed by atoms with E-state index in [1.165, 1.54) is 44.5 Å². The van der Waals surface area contributed by atoms with E-state index in [0.717, 1.165) is 69.2 Å². The van der Waals surface area contributed by atoms with Crippen molar-refractivity contribution < 1.29 is 9.47 Å². The number of rotatable bonds is 7. The molecule has 0 aliphatic carbocycles. The number of nitrogens with zero attached hydrogens (tertiary/aromatic N) is 4. The number of piperazine rings is 1. The molecule has 0 atom stereocenters. The van der Waals surface area contributed by atoms with Crippen LogP contribution in [0.2, 0.25) is 0 Å². The summed E-state index contributed by atoms with van der Waals surface area (Å²) in [5.74, 6) is 3.67. The Morgan fingerprint density at radius 2 is 1.77 bits per heavy atom. The van der Waals surface area contributed by atoms with E-state index >= 15 is 0 Å². The van der Waals surface area contributed by atoms with Crippen LogP contribution in [0.15, 0.2) is 23.2 Å². The van der Waals surface area contributed by atoms with Gasteiger partial charge in [0, 0.05) is 45.8 Å². The van der Waals surface area contributed by atoms with E-state index in [-0.39, 0.29) is 0 Å². The van der Waals surface area contributed by atoms with Crippen LogP contribution in [0.4, 0.5) is 0 Å². The number of piperidine rings is 1. The molecule has 1 N–H and O–H groups in total. The van der Waals surface area contributed by atoms with Crippen molar-refractivity contribution in [2.45, 2.75) is 39.7 Å². The molecule has 2 fully saturated rings. The maximum atomic E-state index is 5.52. The lowest BCUT2D eigenvalue weighted by Crippen LogP contribution is -2.52. The van der Waals surface area contributed by atoms with Gasteiger partial charge in [0.2, 0.25) is 6.79 Å². The van der Waals surface area contributed by atoms with Gasteiger partial charge in [0.05, 0.1) is 0 Å². The van der Waals surface area contributed by atoms with Crippen LogP contribution in [-0.4, -0.2) is 86.4 Å². The zero-order chi connectivity index (χ0) is 21.5. The van der Waals surface area contributed by atoms with Crippen molar-refractivity contribution >= 4 is 5.96 Å². The van der Waals surface area contributed by atoms with Gasteiger partial charge in [-0.1, -0.05) is 13.0 Å². The Bertz CT molecular complexity index is 725. The van der Waals surface area contributed by atoms with Gasteiger partial charge in [0.25, 0.3) is 0 Å². The summed E-state index contributed by atoms with van der Waals surface area (Å²) in [5, 5.41) is 3.52. The third-order valence-corrected chi connectivity index (χ3v) is 6.80. The largest absolute Gasteiger partial charge is 0.454 e. The van der Waals surface area contributed by atoms with Crippen molar-refractivity contribution in [2.75, 3.05) is 65.7 Å². The zero-order valence-electron chi connectivity index (χ0n) is 19.3. The Labute approximate surface area is 187 Å². The molecule has 1 aromatic carbocycles. The molecule has 0 bridgehead atoms. The summed E-state index contributed by atoms with van der Waals surface area (Å²) in [5.41, 5.74) is 1.28. The highest BCUT2D eigenvalue weighted by Gasteiger charge is 2.22. The molecule has 0 unspecified atom stereocenters. The maximum Gasteiger partial charge on any atom is 0.231 e. The number of guanidine groups is 1. The van der Waals surface area contributed by atoms with Crippen LogP contribution in [0.5, 0.6) is 11.5 Å². The van der Waals surface area contributed by atoms with Crippen molar-refractivity contribution in [1.29, 1.82) is 0 Å². The van der Waals surface area contributed by atoms with Gasteiger partial charge in [0.15, 0.2) is 17.5 Å². The van der Waals surface area contributed by atoms with Crippen LogP contribution in [0.25, 0.3) is 0 Å². The fourth-order valence-corrected chi connectivity index (χ4v) is 4.79. The second kappa shape index (κ2) is 11.0. The third-order valence-electron chi connectivity index (χ3n) is 6.80. The van der Waals surface area contributed by atoms with Gasteiger partial charge in [-0.05, 0) is 69.4 Å². The van der Waals surface area contributed by atoms with Gasteiger partial charge < -0.3 is 24.6 Å². The fraction of sp³-hybridized carbons (Fsp3) is 0.708. The summed E-state index contributed by atoms with van der Waals surface area (Å²) in [6, 6.07) is 6.29. The summed E-state index contributed by atoms with van der Waals surface area (Å²) in [4.78, 5) is 12.5. The molecule has 3 aliphatic heterocycles. The predicted octanol–water partition coefficient (Wildman–Crippen LogP) is 2.62. The molecule has 7 nitrogen and oxygen atoms in total. The molecule has 4 rings (SSSR count). The van der Waals surface area contributed by atoms with Gasteiger partial charge in [-0.25, -0.2) is 0 Å². The van der Waals surface area contributed by atoms with Crippen LogP contribution in [0.1, 0.15) is 38.7 Å². The topological polar surface area (TPSA) is 52.6 Å². The van der Waals surface area contributed by atoms with Crippen molar-refractivity contribution in [3.63, 3.8) is 0 Å². The van der Waals surface area contributed by atoms with Crippen molar-refractivity contribution in [1.82, 2.24) is 20.0 Å². The second-order valence-electron chi connectivity index (χ2n) is 8.85. The number of likely N-dealkylation sites (tertiary alicyclic amines) is 1. The van der Waals surface area contributed by atoms with Gasteiger partial charge in [-0.2, -0.15) is 0 Å². The van der Waals surface area contributed by atoms with E-state index in [1.807, 2.05) is 6.07 Å². The van der Waals surface area contributed by atoms with Gasteiger partial charge in [-0.15, -0.1) is 0 Å². The minimum atomic E-state index is 0.335. The standard InChI is InChI=1S/C24H39N5O2/c1-3-25-24(26-10-7-20-8-11-27(4-2)12-9-20)29-15-13-28(14-16-29)18-21-5-6-22-23(17-21)31-19-30-22/h5-6,17,20H,3-4,7-16,18-19H2,1-2H3,(H,25,26). The van der Waals surface area contributed by atoms with Gasteiger partial charge >= 0.3 is 0 Å². The Hall–Kier alpha value is -1.99. The monoisotopic (exact) mass is 429 g/mol. The third kappa shape index (κ3) is 6.04. The zero-order valence-corrected chi connectivity index (χ0v) is 19.3. The lowest BCUT2D eigenvalue weighted by molar-refractivity contribution is 0.170. The highest BCUT2D eigenvalue weighted by Crippen LogP contribution is 2.32. The lowest BCUT2D eigenvalue weighted by atomic mass is 9.94. The van der Waals surface area contributed by atoms with Crippen LogP contribution < -0.4 is 14.8 Å². The second-order valence-corrected chi connectivity index (χ2v) is 8.85. The van der Waals surface area contributed by atoms with Crippen LogP contribution >= 0.6 is 0 Å². The quantitative estimate of drug-likeness (QED) is 0.531. The highest BCUT2D eigenvalue weighted by atomic mass is 16.7. The Morgan fingerprint density at radius 3 is 2.52 bits per heavy atom. The average molecular weight is 430 g/mol. The first-order chi connectivity index (χ1) is 15.2. The molecule has 172 valence electrons. The fourth-order valence-electron chi connectivity index (χ4n) is 4.79. The molecular formula is C24H39N5O2. The lowest BCUT2D eigenvalue weighted by Gasteiger charge is -2.36. The van der Waals surface area contributed by atoms with E-state index in [1.54, 1.807) is 0 Å². The number of aliphatic imine (C=N–C) groups is 1. The Morgan fingerprint density at radius 1 is 1.00 bits per heavy atom. The van der Waals surface area contributed by atoms with E-state index < -0.39 is 0 Å². The SMILES string of the molecule is CCNC(=NCCC1CCN(CC)CC1)N1CCN(Cc2ccc3c(c2)OCO3)CC1. The number of benzene rings is 1. The van der Waals surface area contributed by atoms with E-state index in [2.05, 4.69) is 46.0 Å². The Kier molecular flexibility index (Phi) is 7.92. The first-order valence-electron chi connectivity index (χ1n) is 12.1. The number of hydrogen-bond donors (Lipinski definition) is 1. The first-order valence-corrected chi connectivity index (χ1v) is 12.1. The van der Waals surface area contributed by atoms with E-state index in [9.17, 15) is 0 Å². The number of ether oxygens (including phenoxy) is 2. The molecule has 0 spiro atoms. The number of nitrogens with one attached hydrogen (secondary N) is 1. The molecule has 0 saturated carbocycles. The molecular weight excluding hydrogens is 390 g/mol. The van der Waals surface area contributed by atoms with Crippen LogP contribution in [-0.2, 0) is 6.54 Å². The van der Waals surface area contributed by atoms with Crippen LogP contribution in [0.3, 0.4) is 0 Å². The molecule has 0 aromatic heterocycles. The minimum Gasteiger partial charge on any atom is -0.454 e. The van der Waals surface area contributed by atoms with E-state index in [0.29, 0.717) is 6.79 Å². The average Bonchev–Trinajstić information content (AvgIpc) is 3.27. The summed E-state index contributed by atoms with van der Waals surface area (Å²) in [7, 11) is 0. The molecule has 2 saturated heterocycles. The summed E-state index contributed by atoms with van der Waals surface area (Å²) in [6.07, 6.45) is 3.88. The smallest absolute Gasteiger partial charge is 0.231 e. The van der Waals surface area contributed by atoms with Crippen molar-refractivity contribution in [3.05, 3.63) is 23.8 Å². The Balaban J connectivity index is 1.23. The molecule has 1 aromatic rings. The number of fused-ring (bicyclic) bond motifs is 1. The minimum absolute atomic E-state index is 0.335. The number of hydrogen-bond acceptors (Lipinski definition) is 5. The van der Waals surface area contributed by atoms with Crippen LogP contribution in [0, 0.1) is 5.92 Å².